The van der Waals surface area contributed by atoms with E-state index in [4.69, 9.17) is 4.74 Å². The Morgan fingerprint density at radius 3 is 2.67 bits per heavy atom. The Balaban J connectivity index is 1.62. The Morgan fingerprint density at radius 1 is 1.17 bits per heavy atom. The van der Waals surface area contributed by atoms with Gasteiger partial charge in [-0.2, -0.15) is 4.31 Å². The fraction of sp³-hybridized carbons (Fsp3) is 0.550. The molecule has 3 heterocycles. The highest BCUT2D eigenvalue weighted by atomic mass is 32.2. The predicted molar refractivity (Wildman–Crippen MR) is 115 cm³/mol. The molecule has 0 bridgehead atoms. The van der Waals surface area contributed by atoms with Crippen LogP contribution in [0.4, 0.5) is 0 Å². The molecule has 0 unspecified atom stereocenters. The zero-order valence-electron chi connectivity index (χ0n) is 16.8. The normalized spacial score (nSPS) is 22.6. The van der Waals surface area contributed by atoms with Gasteiger partial charge in [-0.3, -0.25) is 9.88 Å². The van der Waals surface area contributed by atoms with Crippen LogP contribution in [-0.2, 0) is 24.6 Å². The number of nitrogens with zero attached hydrogens (tertiary/aromatic N) is 3. The molecule has 0 N–H and O–H groups in total. The van der Waals surface area contributed by atoms with Crippen LogP contribution in [0.15, 0.2) is 41.4 Å². The van der Waals surface area contributed by atoms with Crippen LogP contribution in [0, 0.1) is 0 Å². The molecule has 0 saturated carbocycles. The van der Waals surface area contributed by atoms with Crippen LogP contribution in [0.3, 0.4) is 0 Å². The summed E-state index contributed by atoms with van der Waals surface area (Å²) >= 11 is 0. The zero-order valence-corrected chi connectivity index (χ0v) is 18.4. The van der Waals surface area contributed by atoms with Crippen LogP contribution in [0.2, 0.25) is 0 Å². The average molecular weight is 454 g/mol. The maximum Gasteiger partial charge on any atom is 0.245 e. The number of hydrogen-bond acceptors (Lipinski definition) is 7. The van der Waals surface area contributed by atoms with Crippen molar-refractivity contribution in [3.63, 3.8) is 0 Å². The van der Waals surface area contributed by atoms with E-state index in [2.05, 4.69) is 9.88 Å². The van der Waals surface area contributed by atoms with Gasteiger partial charge in [-0.05, 0) is 31.5 Å². The first-order chi connectivity index (χ1) is 14.4. The maximum absolute atomic E-state index is 13.7. The second-order valence-corrected chi connectivity index (χ2v) is 11.9. The number of fused-ring (bicyclic) bond motifs is 1. The van der Waals surface area contributed by atoms with Crippen LogP contribution in [0.25, 0.3) is 10.9 Å². The summed E-state index contributed by atoms with van der Waals surface area (Å²) in [6.07, 6.45) is 2.54. The molecule has 1 aromatic heterocycles. The number of sulfone groups is 1. The lowest BCUT2D eigenvalue weighted by Crippen LogP contribution is -2.43. The molecule has 1 aromatic carbocycles. The van der Waals surface area contributed by atoms with Gasteiger partial charge in [-0.1, -0.05) is 18.2 Å². The first-order valence-electron chi connectivity index (χ1n) is 10.2. The molecule has 2 aliphatic rings. The van der Waals surface area contributed by atoms with Crippen molar-refractivity contribution >= 4 is 30.8 Å². The summed E-state index contributed by atoms with van der Waals surface area (Å²) in [6.45, 7) is 4.07. The molecule has 164 valence electrons. The molecular weight excluding hydrogens is 426 g/mol. The van der Waals surface area contributed by atoms with E-state index in [1.807, 2.05) is 12.1 Å². The molecule has 0 aliphatic carbocycles. The molecule has 30 heavy (non-hydrogen) atoms. The molecule has 0 radical (unpaired) electrons. The first-order valence-corrected chi connectivity index (χ1v) is 13.5. The molecule has 0 spiro atoms. The summed E-state index contributed by atoms with van der Waals surface area (Å²) < 4.78 is 58.3. The number of hydrogen-bond donors (Lipinski definition) is 0. The van der Waals surface area contributed by atoms with Gasteiger partial charge in [0, 0.05) is 37.3 Å². The lowest BCUT2D eigenvalue weighted by atomic mass is 10.2. The van der Waals surface area contributed by atoms with Crippen molar-refractivity contribution < 1.29 is 21.6 Å². The van der Waals surface area contributed by atoms with E-state index in [9.17, 15) is 16.8 Å². The van der Waals surface area contributed by atoms with Gasteiger partial charge >= 0.3 is 0 Å². The highest BCUT2D eigenvalue weighted by Gasteiger charge is 2.39. The Kier molecular flexibility index (Phi) is 6.40. The minimum absolute atomic E-state index is 0.0287. The van der Waals surface area contributed by atoms with Gasteiger partial charge in [0.15, 0.2) is 9.84 Å². The van der Waals surface area contributed by atoms with Crippen molar-refractivity contribution in [1.29, 1.82) is 0 Å². The molecule has 0 amide bonds. The van der Waals surface area contributed by atoms with Crippen LogP contribution < -0.4 is 0 Å². The molecule has 2 aromatic rings. The highest BCUT2D eigenvalue weighted by Crippen LogP contribution is 2.29. The monoisotopic (exact) mass is 453 g/mol. The molecular formula is C20H27N3O5S2. The number of benzene rings is 1. The van der Waals surface area contributed by atoms with Crippen LogP contribution >= 0.6 is 0 Å². The Labute approximate surface area is 177 Å². The van der Waals surface area contributed by atoms with Crippen molar-refractivity contribution in [2.45, 2.75) is 23.8 Å². The van der Waals surface area contributed by atoms with Crippen molar-refractivity contribution in [1.82, 2.24) is 14.2 Å². The third-order valence-corrected chi connectivity index (χ3v) is 9.49. The van der Waals surface area contributed by atoms with Crippen molar-refractivity contribution in [3.05, 3.63) is 36.5 Å². The lowest BCUT2D eigenvalue weighted by Gasteiger charge is -2.30. The van der Waals surface area contributed by atoms with Gasteiger partial charge in [0.2, 0.25) is 10.0 Å². The second-order valence-electron chi connectivity index (χ2n) is 7.81. The number of sulfonamides is 1. The Hall–Kier alpha value is -1.59. The van der Waals surface area contributed by atoms with Gasteiger partial charge in [0.05, 0.1) is 30.2 Å². The zero-order chi connectivity index (χ0) is 21.2. The summed E-state index contributed by atoms with van der Waals surface area (Å²) in [7, 11) is -7.12. The number of para-hydroxylation sites is 1. The van der Waals surface area contributed by atoms with E-state index in [-0.39, 0.29) is 22.9 Å². The van der Waals surface area contributed by atoms with Crippen LogP contribution in [0.1, 0.15) is 12.8 Å². The second kappa shape index (κ2) is 8.88. The SMILES string of the molecule is O=S1(=O)CC[C@H](N(CCCN2CCOCC2)S(=O)(=O)c2cccc3cccnc23)C1. The van der Waals surface area contributed by atoms with Gasteiger partial charge < -0.3 is 4.74 Å². The third kappa shape index (κ3) is 4.67. The summed E-state index contributed by atoms with van der Waals surface area (Å²) in [5.41, 5.74) is 0.416. The summed E-state index contributed by atoms with van der Waals surface area (Å²) in [4.78, 5) is 6.68. The van der Waals surface area contributed by atoms with E-state index in [1.165, 1.54) is 4.31 Å². The average Bonchev–Trinajstić information content (AvgIpc) is 3.10. The van der Waals surface area contributed by atoms with E-state index < -0.39 is 25.9 Å². The molecule has 4 rings (SSSR count). The van der Waals surface area contributed by atoms with E-state index >= 15 is 0 Å². The van der Waals surface area contributed by atoms with E-state index in [0.717, 1.165) is 25.0 Å². The van der Waals surface area contributed by atoms with Gasteiger partial charge in [0.25, 0.3) is 0 Å². The lowest BCUT2D eigenvalue weighted by molar-refractivity contribution is 0.0367. The van der Waals surface area contributed by atoms with Crippen molar-refractivity contribution in [2.24, 2.45) is 0 Å². The minimum Gasteiger partial charge on any atom is -0.379 e. The maximum atomic E-state index is 13.7. The topological polar surface area (TPSA) is 96.9 Å². The van der Waals surface area contributed by atoms with E-state index in [1.54, 1.807) is 24.4 Å². The Morgan fingerprint density at radius 2 is 1.93 bits per heavy atom. The summed E-state index contributed by atoms with van der Waals surface area (Å²) in [6, 6.07) is 8.14. The number of aromatic nitrogens is 1. The molecule has 2 saturated heterocycles. The number of morpholine rings is 1. The van der Waals surface area contributed by atoms with Crippen LogP contribution in [-0.4, -0.2) is 88.0 Å². The molecule has 2 aliphatic heterocycles. The third-order valence-electron chi connectivity index (χ3n) is 5.75. The molecule has 10 heteroatoms. The first kappa shape index (κ1) is 21.6. The van der Waals surface area contributed by atoms with Gasteiger partial charge in [0.1, 0.15) is 4.90 Å². The fourth-order valence-electron chi connectivity index (χ4n) is 4.19. The quantitative estimate of drug-likeness (QED) is 0.620. The Bertz CT molecular complexity index is 1090. The highest BCUT2D eigenvalue weighted by molar-refractivity contribution is 7.92. The van der Waals surface area contributed by atoms with Crippen molar-refractivity contribution in [3.8, 4) is 0 Å². The largest absolute Gasteiger partial charge is 0.379 e. The fourth-order valence-corrected chi connectivity index (χ4v) is 7.87. The smallest absolute Gasteiger partial charge is 0.245 e. The number of pyridine rings is 1. The van der Waals surface area contributed by atoms with Gasteiger partial charge in [-0.25, -0.2) is 16.8 Å². The minimum atomic E-state index is -3.90. The van der Waals surface area contributed by atoms with Crippen LogP contribution in [0.5, 0.6) is 0 Å². The predicted octanol–water partition coefficient (Wildman–Crippen LogP) is 1.13. The number of rotatable bonds is 7. The summed E-state index contributed by atoms with van der Waals surface area (Å²) in [5.74, 6) is -0.0943. The molecule has 2 fully saturated rings. The molecule has 1 atom stereocenters. The molecule has 8 nitrogen and oxygen atoms in total. The summed E-state index contributed by atoms with van der Waals surface area (Å²) in [5, 5.41) is 0.742. The van der Waals surface area contributed by atoms with E-state index in [0.29, 0.717) is 31.6 Å². The number of ether oxygens (including phenoxy) is 1. The van der Waals surface area contributed by atoms with Crippen molar-refractivity contribution in [2.75, 3.05) is 50.9 Å². The van der Waals surface area contributed by atoms with Gasteiger partial charge in [-0.15, -0.1) is 0 Å². The standard InChI is InChI=1S/C20H27N3O5S2/c24-29(25)15-7-18(16-29)23(10-3-9-22-11-13-28-14-12-22)30(26,27)19-6-1-4-17-5-2-8-21-20(17)19/h1-2,4-6,8,18H,3,7,9-16H2/t18-/m0/s1.